The van der Waals surface area contributed by atoms with E-state index in [2.05, 4.69) is 6.92 Å². The van der Waals surface area contributed by atoms with Crippen molar-refractivity contribution in [1.82, 2.24) is 0 Å². The van der Waals surface area contributed by atoms with E-state index in [-0.39, 0.29) is 59.0 Å². The van der Waals surface area contributed by atoms with Crippen LogP contribution in [0.3, 0.4) is 0 Å². The first-order valence-corrected chi connectivity index (χ1v) is 9.07. The molecular formula is C19H24O4. The highest BCUT2D eigenvalue weighted by Crippen LogP contribution is 2.64. The Hall–Kier alpha value is -1.45. The summed E-state index contributed by atoms with van der Waals surface area (Å²) in [6, 6.07) is 0. The second-order valence-corrected chi connectivity index (χ2v) is 7.60. The molecule has 7 unspecified atom stereocenters. The van der Waals surface area contributed by atoms with Gasteiger partial charge in [0.25, 0.3) is 0 Å². The largest absolute Gasteiger partial charge is 0.465 e. The molecule has 0 aromatic carbocycles. The zero-order valence-electron chi connectivity index (χ0n) is 13.6. The Bertz CT molecular complexity index is 578. The quantitative estimate of drug-likeness (QED) is 0.327. The molecule has 4 bridgehead atoms. The molecule has 4 nitrogen and oxygen atoms in total. The third-order valence-electron chi connectivity index (χ3n) is 6.52. The van der Waals surface area contributed by atoms with Crippen LogP contribution in [0.1, 0.15) is 39.0 Å². The highest BCUT2D eigenvalue weighted by atomic mass is 16.5. The molecule has 4 heteroatoms. The average Bonchev–Trinajstić information content (AvgIpc) is 3.24. The van der Waals surface area contributed by atoms with Crippen LogP contribution in [0.2, 0.25) is 0 Å². The van der Waals surface area contributed by atoms with Crippen molar-refractivity contribution in [3.8, 4) is 0 Å². The first kappa shape index (κ1) is 15.1. The fourth-order valence-corrected chi connectivity index (χ4v) is 5.59. The summed E-state index contributed by atoms with van der Waals surface area (Å²) in [5.41, 5.74) is 0. The smallest absolute Gasteiger partial charge is 0.309 e. The van der Waals surface area contributed by atoms with Crippen molar-refractivity contribution in [3.63, 3.8) is 0 Å². The molecule has 0 aromatic heterocycles. The van der Waals surface area contributed by atoms with E-state index >= 15 is 0 Å². The summed E-state index contributed by atoms with van der Waals surface area (Å²) >= 11 is 0. The Kier molecular flexibility index (Phi) is 3.66. The van der Waals surface area contributed by atoms with Crippen LogP contribution in [0.15, 0.2) is 12.2 Å². The Morgan fingerprint density at radius 3 is 2.57 bits per heavy atom. The number of ether oxygens (including phenoxy) is 1. The van der Waals surface area contributed by atoms with Crippen molar-refractivity contribution < 1.29 is 19.1 Å². The van der Waals surface area contributed by atoms with Crippen LogP contribution in [0, 0.1) is 41.4 Å². The Balaban J connectivity index is 1.41. The van der Waals surface area contributed by atoms with Crippen LogP contribution < -0.4 is 0 Å². The van der Waals surface area contributed by atoms with Crippen molar-refractivity contribution in [3.05, 3.63) is 12.2 Å². The number of hydrogen-bond donors (Lipinski definition) is 0. The lowest BCUT2D eigenvalue weighted by molar-refractivity contribution is -0.152. The van der Waals surface area contributed by atoms with Crippen molar-refractivity contribution in [2.24, 2.45) is 41.4 Å². The van der Waals surface area contributed by atoms with Gasteiger partial charge in [0, 0.05) is 23.7 Å². The van der Waals surface area contributed by atoms with E-state index in [0.717, 1.165) is 25.7 Å². The summed E-state index contributed by atoms with van der Waals surface area (Å²) in [6.07, 6.45) is 8.84. The number of esters is 1. The lowest BCUT2D eigenvalue weighted by Gasteiger charge is -2.33. The molecule has 0 heterocycles. The zero-order valence-corrected chi connectivity index (χ0v) is 13.6. The maximum absolute atomic E-state index is 12.6. The van der Waals surface area contributed by atoms with Crippen LogP contribution in [0.5, 0.6) is 0 Å². The zero-order chi connectivity index (χ0) is 16.1. The molecule has 0 radical (unpaired) electrons. The second kappa shape index (κ2) is 5.57. The number of hydrogen-bond acceptors (Lipinski definition) is 4. The predicted octanol–water partition coefficient (Wildman–Crippen LogP) is 2.56. The standard InChI is InChI=1S/C19H24O4/c1-2-3-4-5-8-23-19(22)13-9-12-14-10-6-7-11(17(10)20)15(14)16(13)18(12)21/h6-7,10-16H,2-5,8-9H2,1H3. The van der Waals surface area contributed by atoms with Crippen LogP contribution in [-0.2, 0) is 19.1 Å². The monoisotopic (exact) mass is 316 g/mol. The van der Waals surface area contributed by atoms with Gasteiger partial charge in [0.05, 0.1) is 12.5 Å². The van der Waals surface area contributed by atoms with Gasteiger partial charge in [-0.05, 0) is 24.7 Å². The fourth-order valence-electron chi connectivity index (χ4n) is 5.59. The Morgan fingerprint density at radius 1 is 1.09 bits per heavy atom. The third-order valence-corrected chi connectivity index (χ3v) is 6.52. The van der Waals surface area contributed by atoms with Gasteiger partial charge in [0.15, 0.2) is 0 Å². The van der Waals surface area contributed by atoms with Gasteiger partial charge in [0.2, 0.25) is 0 Å². The highest BCUT2D eigenvalue weighted by molar-refractivity contribution is 6.01. The summed E-state index contributed by atoms with van der Waals surface area (Å²) in [6.45, 7) is 2.61. The van der Waals surface area contributed by atoms with E-state index in [1.165, 1.54) is 0 Å². The summed E-state index contributed by atoms with van der Waals surface area (Å²) in [5, 5.41) is 0. The first-order chi connectivity index (χ1) is 11.1. The molecule has 4 aliphatic carbocycles. The van der Waals surface area contributed by atoms with Crippen molar-refractivity contribution >= 4 is 17.5 Å². The molecule has 0 spiro atoms. The molecule has 4 aliphatic rings. The number of Topliss-reactive ketones (excluding diaryl/α,β-unsaturated/α-hetero) is 2. The van der Waals surface area contributed by atoms with Gasteiger partial charge in [-0.15, -0.1) is 0 Å². The molecule has 4 rings (SSSR count). The second-order valence-electron chi connectivity index (χ2n) is 7.60. The summed E-state index contributed by atoms with van der Waals surface area (Å²) in [7, 11) is 0. The van der Waals surface area contributed by atoms with E-state index in [1.54, 1.807) is 0 Å². The molecule has 3 saturated carbocycles. The van der Waals surface area contributed by atoms with Crippen molar-refractivity contribution in [2.75, 3.05) is 6.61 Å². The molecule has 23 heavy (non-hydrogen) atoms. The van der Waals surface area contributed by atoms with Gasteiger partial charge < -0.3 is 4.74 Å². The van der Waals surface area contributed by atoms with Crippen molar-refractivity contribution in [2.45, 2.75) is 39.0 Å². The van der Waals surface area contributed by atoms with E-state index in [0.29, 0.717) is 13.0 Å². The molecule has 0 aliphatic heterocycles. The molecule has 3 fully saturated rings. The summed E-state index contributed by atoms with van der Waals surface area (Å²) in [5.74, 6) is -0.316. The maximum Gasteiger partial charge on any atom is 0.309 e. The molecule has 7 atom stereocenters. The minimum Gasteiger partial charge on any atom is -0.465 e. The van der Waals surface area contributed by atoms with E-state index in [1.807, 2.05) is 12.2 Å². The number of rotatable bonds is 6. The lowest BCUT2D eigenvalue weighted by atomic mass is 9.69. The van der Waals surface area contributed by atoms with E-state index < -0.39 is 0 Å². The number of carbonyl (C=O) groups excluding carboxylic acids is 3. The SMILES string of the molecule is CCCCCCOC(=O)C1CC2C(=O)C1C1C3C=CC(C3=O)C21. The number of unbranched alkanes of at least 4 members (excludes halogenated alkanes) is 3. The Labute approximate surface area is 136 Å². The lowest BCUT2D eigenvalue weighted by Crippen LogP contribution is -2.35. The predicted molar refractivity (Wildman–Crippen MR) is 83.3 cm³/mol. The van der Waals surface area contributed by atoms with Gasteiger partial charge in [0.1, 0.15) is 11.6 Å². The minimum absolute atomic E-state index is 0.0602. The number of ketones is 2. The summed E-state index contributed by atoms with van der Waals surface area (Å²) < 4.78 is 5.43. The molecule has 0 aromatic rings. The molecule has 0 amide bonds. The molecule has 124 valence electrons. The van der Waals surface area contributed by atoms with E-state index in [9.17, 15) is 14.4 Å². The highest BCUT2D eigenvalue weighted by Gasteiger charge is 2.69. The van der Waals surface area contributed by atoms with Gasteiger partial charge in [-0.3, -0.25) is 14.4 Å². The van der Waals surface area contributed by atoms with Crippen LogP contribution in [-0.4, -0.2) is 24.1 Å². The first-order valence-electron chi connectivity index (χ1n) is 9.07. The normalized spacial score (nSPS) is 42.6. The van der Waals surface area contributed by atoms with Crippen molar-refractivity contribution in [1.29, 1.82) is 0 Å². The van der Waals surface area contributed by atoms with Crippen LogP contribution in [0.4, 0.5) is 0 Å². The third kappa shape index (κ3) is 2.06. The van der Waals surface area contributed by atoms with Crippen LogP contribution >= 0.6 is 0 Å². The average molecular weight is 316 g/mol. The van der Waals surface area contributed by atoms with Gasteiger partial charge in [-0.1, -0.05) is 38.3 Å². The molecular weight excluding hydrogens is 292 g/mol. The van der Waals surface area contributed by atoms with E-state index in [4.69, 9.17) is 4.74 Å². The number of fused-ring (bicyclic) bond motifs is 9. The maximum atomic E-state index is 12.6. The summed E-state index contributed by atoms with van der Waals surface area (Å²) in [4.78, 5) is 37.3. The molecule has 0 N–H and O–H groups in total. The topological polar surface area (TPSA) is 60.4 Å². The number of allylic oxidation sites excluding steroid dienone is 2. The van der Waals surface area contributed by atoms with Gasteiger partial charge in [-0.25, -0.2) is 0 Å². The van der Waals surface area contributed by atoms with Gasteiger partial charge >= 0.3 is 5.97 Å². The van der Waals surface area contributed by atoms with Gasteiger partial charge in [-0.2, -0.15) is 0 Å². The van der Waals surface area contributed by atoms with Crippen LogP contribution in [0.25, 0.3) is 0 Å². The fraction of sp³-hybridized carbons (Fsp3) is 0.737. The molecule has 0 saturated heterocycles. The Morgan fingerprint density at radius 2 is 1.83 bits per heavy atom. The number of carbonyl (C=O) groups is 3. The minimum atomic E-state index is -0.305.